The lowest BCUT2D eigenvalue weighted by Crippen LogP contribution is -2.53. The molecule has 0 heterocycles. The number of para-hydroxylation sites is 1. The van der Waals surface area contributed by atoms with Crippen LogP contribution in [0.2, 0.25) is 0 Å². The molecule has 1 aromatic carbocycles. The number of benzene rings is 1. The number of fused-ring (bicyclic) bond motifs is 5. The van der Waals surface area contributed by atoms with Crippen LogP contribution in [0.15, 0.2) is 29.3 Å². The molecule has 0 saturated heterocycles. The van der Waals surface area contributed by atoms with E-state index in [9.17, 15) is 5.11 Å². The summed E-state index contributed by atoms with van der Waals surface area (Å²) in [5.41, 5.74) is 1.85. The Kier molecular flexibility index (Phi) is 4.60. The lowest BCUT2D eigenvalue weighted by atomic mass is 9.45. The maximum absolute atomic E-state index is 10.1. The first-order valence-electron chi connectivity index (χ1n) is 11.8. The standard InChI is InChI=1S/C26H37NO/c1-25-15-6-5-8-19(25)10-11-20-21-12-13-24(26(21,2)16-14-22(20)25)27-17-18-7-3-4-9-23(18)28/h3-4,7,9,17,19-22,24,28H,5-6,8,10-16H2,1-2H3. The zero-order valence-corrected chi connectivity index (χ0v) is 17.7. The minimum absolute atomic E-state index is 0.346. The molecule has 0 radical (unpaired) electrons. The Morgan fingerprint density at radius 1 is 0.893 bits per heavy atom. The van der Waals surface area contributed by atoms with Crippen LogP contribution < -0.4 is 0 Å². The van der Waals surface area contributed by atoms with Gasteiger partial charge in [0.25, 0.3) is 0 Å². The quantitative estimate of drug-likeness (QED) is 0.576. The monoisotopic (exact) mass is 379 g/mol. The molecule has 1 N–H and O–H groups in total. The summed E-state index contributed by atoms with van der Waals surface area (Å²) in [6, 6.07) is 8.01. The largest absolute Gasteiger partial charge is 0.507 e. The van der Waals surface area contributed by atoms with Gasteiger partial charge >= 0.3 is 0 Å². The van der Waals surface area contributed by atoms with Crippen LogP contribution in [-0.2, 0) is 0 Å². The highest BCUT2D eigenvalue weighted by Gasteiger charge is 2.59. The summed E-state index contributed by atoms with van der Waals surface area (Å²) in [5, 5.41) is 10.1. The Morgan fingerprint density at radius 2 is 1.71 bits per heavy atom. The molecule has 4 fully saturated rings. The molecule has 0 spiro atoms. The van der Waals surface area contributed by atoms with E-state index in [2.05, 4.69) is 13.8 Å². The van der Waals surface area contributed by atoms with Crippen molar-refractivity contribution in [1.29, 1.82) is 0 Å². The SMILES string of the molecule is CC12CCCCC1CCC1C2CCC2(C)C(N=Cc3ccccc3O)CCC12. The predicted molar refractivity (Wildman–Crippen MR) is 116 cm³/mol. The van der Waals surface area contributed by atoms with Gasteiger partial charge in [0.05, 0.1) is 6.04 Å². The van der Waals surface area contributed by atoms with Crippen molar-refractivity contribution in [3.63, 3.8) is 0 Å². The normalized spacial score (nSPS) is 45.4. The predicted octanol–water partition coefficient (Wildman–Crippen LogP) is 6.61. The lowest BCUT2D eigenvalue weighted by molar-refractivity contribution is -0.105. The van der Waals surface area contributed by atoms with Crippen molar-refractivity contribution in [2.45, 2.75) is 84.1 Å². The second-order valence-electron chi connectivity index (χ2n) is 10.9. The van der Waals surface area contributed by atoms with E-state index < -0.39 is 0 Å². The van der Waals surface area contributed by atoms with Gasteiger partial charge in [-0.2, -0.15) is 0 Å². The average Bonchev–Trinajstić information content (AvgIpc) is 3.03. The maximum atomic E-state index is 10.1. The molecule has 152 valence electrons. The first-order valence-corrected chi connectivity index (χ1v) is 11.8. The minimum Gasteiger partial charge on any atom is -0.507 e. The van der Waals surface area contributed by atoms with Gasteiger partial charge in [0.2, 0.25) is 0 Å². The highest BCUT2D eigenvalue weighted by atomic mass is 16.3. The van der Waals surface area contributed by atoms with Crippen molar-refractivity contribution in [1.82, 2.24) is 0 Å². The summed E-state index contributed by atoms with van der Waals surface area (Å²) < 4.78 is 0. The van der Waals surface area contributed by atoms with Crippen molar-refractivity contribution in [3.8, 4) is 5.75 Å². The molecule has 4 aliphatic carbocycles. The molecule has 0 aliphatic heterocycles. The van der Waals surface area contributed by atoms with Crippen LogP contribution in [0.3, 0.4) is 0 Å². The molecule has 0 bridgehead atoms. The van der Waals surface area contributed by atoms with Crippen molar-refractivity contribution in [2.24, 2.45) is 39.5 Å². The number of phenolic OH excluding ortho intramolecular Hbond substituents is 1. The number of hydrogen-bond acceptors (Lipinski definition) is 2. The Labute approximate surface area is 170 Å². The van der Waals surface area contributed by atoms with Crippen LogP contribution in [0, 0.1) is 34.5 Å². The Balaban J connectivity index is 1.37. The fourth-order valence-electron chi connectivity index (χ4n) is 8.28. The first-order chi connectivity index (χ1) is 13.5. The number of aromatic hydroxyl groups is 1. The van der Waals surface area contributed by atoms with Crippen molar-refractivity contribution in [3.05, 3.63) is 29.8 Å². The van der Waals surface area contributed by atoms with Gasteiger partial charge in [-0.25, -0.2) is 0 Å². The van der Waals surface area contributed by atoms with Gasteiger partial charge in [0.15, 0.2) is 0 Å². The summed E-state index contributed by atoms with van der Waals surface area (Å²) in [6.45, 7) is 5.21. The molecule has 28 heavy (non-hydrogen) atoms. The van der Waals surface area contributed by atoms with Crippen LogP contribution in [0.4, 0.5) is 0 Å². The third-order valence-corrected chi connectivity index (χ3v) is 9.86. The molecule has 0 aromatic heterocycles. The molecule has 2 nitrogen and oxygen atoms in total. The first kappa shape index (κ1) is 18.7. The molecule has 0 amide bonds. The van der Waals surface area contributed by atoms with Gasteiger partial charge < -0.3 is 5.11 Å². The smallest absolute Gasteiger partial charge is 0.124 e. The zero-order valence-electron chi connectivity index (χ0n) is 17.7. The summed E-state index contributed by atoms with van der Waals surface area (Å²) in [6.07, 6.45) is 16.2. The van der Waals surface area contributed by atoms with Crippen molar-refractivity contribution >= 4 is 6.21 Å². The van der Waals surface area contributed by atoms with Gasteiger partial charge in [-0.15, -0.1) is 0 Å². The molecule has 4 aliphatic rings. The maximum Gasteiger partial charge on any atom is 0.124 e. The average molecular weight is 380 g/mol. The zero-order chi connectivity index (χ0) is 19.4. The molecule has 4 saturated carbocycles. The highest BCUT2D eigenvalue weighted by molar-refractivity contribution is 5.83. The summed E-state index contributed by atoms with van der Waals surface area (Å²) in [4.78, 5) is 5.06. The van der Waals surface area contributed by atoms with Crippen molar-refractivity contribution < 1.29 is 5.11 Å². The molecule has 7 unspecified atom stereocenters. The molecule has 5 rings (SSSR count). The topological polar surface area (TPSA) is 32.6 Å². The van der Waals surface area contributed by atoms with Crippen molar-refractivity contribution in [2.75, 3.05) is 0 Å². The van der Waals surface area contributed by atoms with E-state index in [-0.39, 0.29) is 0 Å². The Hall–Kier alpha value is -1.31. The van der Waals surface area contributed by atoms with Crippen LogP contribution in [0.25, 0.3) is 0 Å². The number of nitrogens with zero attached hydrogens (tertiary/aromatic N) is 1. The van der Waals surface area contributed by atoms with E-state index in [1.165, 1.54) is 64.2 Å². The molecule has 1 aromatic rings. The second-order valence-corrected chi connectivity index (χ2v) is 10.9. The van der Waals surface area contributed by atoms with Gasteiger partial charge in [0.1, 0.15) is 5.75 Å². The summed E-state index contributed by atoms with van der Waals surface area (Å²) >= 11 is 0. The molecule has 7 atom stereocenters. The van der Waals surface area contributed by atoms with E-state index >= 15 is 0 Å². The number of aliphatic imine (C=N–C) groups is 1. The van der Waals surface area contributed by atoms with Crippen LogP contribution in [0.1, 0.15) is 83.6 Å². The molecule has 2 heteroatoms. The third kappa shape index (κ3) is 2.77. The fourth-order valence-corrected chi connectivity index (χ4v) is 8.28. The number of rotatable bonds is 2. The van der Waals surface area contributed by atoms with E-state index in [0.29, 0.717) is 22.6 Å². The van der Waals surface area contributed by atoms with E-state index in [0.717, 1.165) is 29.2 Å². The van der Waals surface area contributed by atoms with Gasteiger partial charge in [-0.05, 0) is 98.0 Å². The Bertz CT molecular complexity index is 757. The van der Waals surface area contributed by atoms with E-state index in [1.807, 2.05) is 24.4 Å². The molecular weight excluding hydrogens is 342 g/mol. The Morgan fingerprint density at radius 3 is 2.57 bits per heavy atom. The number of phenols is 1. The lowest BCUT2D eigenvalue weighted by Gasteiger charge is -2.60. The molecular formula is C26H37NO. The van der Waals surface area contributed by atoms with Crippen LogP contribution in [-0.4, -0.2) is 17.4 Å². The van der Waals surface area contributed by atoms with Gasteiger partial charge in [-0.3, -0.25) is 4.99 Å². The van der Waals surface area contributed by atoms with Gasteiger partial charge in [0, 0.05) is 11.8 Å². The van der Waals surface area contributed by atoms with E-state index in [4.69, 9.17) is 4.99 Å². The summed E-state index contributed by atoms with van der Waals surface area (Å²) in [5.74, 6) is 4.10. The highest BCUT2D eigenvalue weighted by Crippen LogP contribution is 2.66. The third-order valence-electron chi connectivity index (χ3n) is 9.86. The summed E-state index contributed by atoms with van der Waals surface area (Å²) in [7, 11) is 0. The fraction of sp³-hybridized carbons (Fsp3) is 0.731. The van der Waals surface area contributed by atoms with Crippen LogP contribution in [0.5, 0.6) is 5.75 Å². The second kappa shape index (κ2) is 6.89. The van der Waals surface area contributed by atoms with Gasteiger partial charge in [-0.1, -0.05) is 38.8 Å². The minimum atomic E-state index is 0.346. The van der Waals surface area contributed by atoms with Crippen LogP contribution >= 0.6 is 0 Å². The van der Waals surface area contributed by atoms with E-state index in [1.54, 1.807) is 6.07 Å². The number of hydrogen-bond donors (Lipinski definition) is 1.